The summed E-state index contributed by atoms with van der Waals surface area (Å²) in [6.45, 7) is 4.15. The number of carbonyl (C=O) groups excluding carboxylic acids is 1. The minimum absolute atomic E-state index is 0.111. The van der Waals surface area contributed by atoms with Crippen LogP contribution in [0.15, 0.2) is 18.2 Å². The lowest BCUT2D eigenvalue weighted by molar-refractivity contribution is -0.131. The monoisotopic (exact) mass is 393 g/mol. The molecule has 0 spiro atoms. The van der Waals surface area contributed by atoms with Crippen LogP contribution in [0.3, 0.4) is 0 Å². The molecule has 0 aliphatic carbocycles. The van der Waals surface area contributed by atoms with E-state index in [4.69, 9.17) is 23.2 Å². The molecule has 1 aromatic carbocycles. The van der Waals surface area contributed by atoms with Crippen molar-refractivity contribution in [3.8, 4) is 0 Å². The van der Waals surface area contributed by atoms with E-state index < -0.39 is 0 Å². The Hall–Kier alpha value is -1.63. The molecule has 26 heavy (non-hydrogen) atoms. The van der Waals surface area contributed by atoms with E-state index in [2.05, 4.69) is 20.1 Å². The normalized spacial score (nSPS) is 18.0. The van der Waals surface area contributed by atoms with Gasteiger partial charge in [0.2, 0.25) is 5.91 Å². The van der Waals surface area contributed by atoms with Crippen molar-refractivity contribution in [1.82, 2.24) is 25.0 Å². The summed E-state index contributed by atoms with van der Waals surface area (Å²) in [7, 11) is 0. The first kappa shape index (κ1) is 17.8. The Labute approximate surface area is 162 Å². The van der Waals surface area contributed by atoms with Crippen molar-refractivity contribution >= 4 is 29.1 Å². The molecule has 0 radical (unpaired) electrons. The van der Waals surface area contributed by atoms with Gasteiger partial charge in [-0.25, -0.2) is 0 Å². The van der Waals surface area contributed by atoms with Gasteiger partial charge >= 0.3 is 0 Å². The number of piperidine rings is 1. The zero-order chi connectivity index (χ0) is 18.1. The first-order valence-electron chi connectivity index (χ1n) is 8.96. The summed E-state index contributed by atoms with van der Waals surface area (Å²) in [6, 6.07) is 5.28. The van der Waals surface area contributed by atoms with Crippen molar-refractivity contribution in [2.45, 2.75) is 38.3 Å². The molecular weight excluding hydrogens is 373 g/mol. The quantitative estimate of drug-likeness (QED) is 0.870. The number of hydrogen-bond acceptors (Lipinski definition) is 4. The van der Waals surface area contributed by atoms with Crippen molar-refractivity contribution in [2.24, 2.45) is 0 Å². The molecule has 3 heterocycles. The highest BCUT2D eigenvalue weighted by molar-refractivity contribution is 6.35. The van der Waals surface area contributed by atoms with Crippen molar-refractivity contribution in [2.75, 3.05) is 19.6 Å². The summed E-state index contributed by atoms with van der Waals surface area (Å²) in [4.78, 5) is 14.6. The second-order valence-electron chi connectivity index (χ2n) is 6.87. The number of amides is 1. The zero-order valence-corrected chi connectivity index (χ0v) is 15.9. The minimum atomic E-state index is 0.111. The molecule has 1 saturated heterocycles. The van der Waals surface area contributed by atoms with Crippen LogP contribution in [0.2, 0.25) is 10.0 Å². The highest BCUT2D eigenvalue weighted by atomic mass is 35.5. The van der Waals surface area contributed by atoms with Crippen molar-refractivity contribution in [3.63, 3.8) is 0 Å². The molecule has 6 nitrogen and oxygen atoms in total. The second kappa shape index (κ2) is 7.55. The minimum Gasteiger partial charge on any atom is -0.342 e. The van der Waals surface area contributed by atoms with Gasteiger partial charge in [0.1, 0.15) is 11.6 Å². The van der Waals surface area contributed by atoms with Crippen LogP contribution in [0.5, 0.6) is 0 Å². The Bertz CT molecular complexity index is 814. The number of rotatable bonds is 3. The Balaban J connectivity index is 1.37. The first-order valence-corrected chi connectivity index (χ1v) is 9.72. The summed E-state index contributed by atoms with van der Waals surface area (Å²) in [5.41, 5.74) is 0.821. The highest BCUT2D eigenvalue weighted by Gasteiger charge is 2.28. The van der Waals surface area contributed by atoms with Crippen LogP contribution in [-0.2, 0) is 24.3 Å². The number of benzene rings is 1. The molecule has 0 unspecified atom stereocenters. The SMILES string of the molecule is O=C(Cc1ccc(Cl)cc1Cl)N1CCC(c2nnc3n2CCNC3)CC1. The molecular formula is C18H21Cl2N5O. The third kappa shape index (κ3) is 3.59. The van der Waals surface area contributed by atoms with Crippen LogP contribution in [-0.4, -0.2) is 45.2 Å². The molecule has 2 aromatic rings. The molecule has 1 aromatic heterocycles. The Kier molecular flexibility index (Phi) is 5.16. The van der Waals surface area contributed by atoms with Gasteiger partial charge in [-0.3, -0.25) is 4.79 Å². The lowest BCUT2D eigenvalue weighted by atomic mass is 9.95. The number of likely N-dealkylation sites (tertiary alicyclic amines) is 1. The van der Waals surface area contributed by atoms with Gasteiger partial charge in [0.05, 0.1) is 13.0 Å². The van der Waals surface area contributed by atoms with Gasteiger partial charge in [0.25, 0.3) is 0 Å². The molecule has 0 atom stereocenters. The summed E-state index contributed by atoms with van der Waals surface area (Å²) < 4.78 is 2.24. The van der Waals surface area contributed by atoms with E-state index in [1.165, 1.54) is 0 Å². The highest BCUT2D eigenvalue weighted by Crippen LogP contribution is 2.29. The molecule has 2 aliphatic rings. The lowest BCUT2D eigenvalue weighted by Crippen LogP contribution is -2.39. The van der Waals surface area contributed by atoms with E-state index in [-0.39, 0.29) is 5.91 Å². The summed E-state index contributed by atoms with van der Waals surface area (Å²) in [6.07, 6.45) is 2.16. The number of aromatic nitrogens is 3. The fourth-order valence-corrected chi connectivity index (χ4v) is 4.22. The fraction of sp³-hybridized carbons (Fsp3) is 0.500. The van der Waals surface area contributed by atoms with E-state index in [9.17, 15) is 4.79 Å². The van der Waals surface area contributed by atoms with Crippen LogP contribution in [0, 0.1) is 0 Å². The van der Waals surface area contributed by atoms with Crippen LogP contribution in [0.4, 0.5) is 0 Å². The van der Waals surface area contributed by atoms with Crippen LogP contribution in [0.25, 0.3) is 0 Å². The van der Waals surface area contributed by atoms with Gasteiger partial charge in [-0.2, -0.15) is 0 Å². The zero-order valence-electron chi connectivity index (χ0n) is 14.4. The molecule has 138 valence electrons. The number of nitrogens with zero attached hydrogens (tertiary/aromatic N) is 4. The summed E-state index contributed by atoms with van der Waals surface area (Å²) in [5.74, 6) is 2.58. The van der Waals surface area contributed by atoms with Crippen molar-refractivity contribution in [1.29, 1.82) is 0 Å². The number of fused-ring (bicyclic) bond motifs is 1. The molecule has 4 rings (SSSR count). The topological polar surface area (TPSA) is 63.1 Å². The predicted octanol–water partition coefficient (Wildman–Crippen LogP) is 2.64. The standard InChI is InChI=1S/C18H21Cl2N5O/c19-14-2-1-13(15(20)10-14)9-17(26)24-6-3-12(4-7-24)18-23-22-16-11-21-5-8-25(16)18/h1-2,10,12,21H,3-9,11H2. The maximum atomic E-state index is 12.6. The number of halogens is 2. The predicted molar refractivity (Wildman–Crippen MR) is 100 cm³/mol. The average Bonchev–Trinajstić information content (AvgIpc) is 3.08. The summed E-state index contributed by atoms with van der Waals surface area (Å²) >= 11 is 12.1. The van der Waals surface area contributed by atoms with Crippen LogP contribution in [0.1, 0.15) is 36.0 Å². The van der Waals surface area contributed by atoms with Gasteiger partial charge in [-0.15, -0.1) is 10.2 Å². The van der Waals surface area contributed by atoms with Crippen molar-refractivity contribution < 1.29 is 4.79 Å². The fourth-order valence-electron chi connectivity index (χ4n) is 3.74. The van der Waals surface area contributed by atoms with Crippen LogP contribution < -0.4 is 5.32 Å². The van der Waals surface area contributed by atoms with Gasteiger partial charge in [-0.05, 0) is 30.5 Å². The van der Waals surface area contributed by atoms with Gasteiger partial charge in [0.15, 0.2) is 0 Å². The maximum absolute atomic E-state index is 12.6. The smallest absolute Gasteiger partial charge is 0.227 e. The molecule has 0 bridgehead atoms. The number of nitrogens with one attached hydrogen (secondary N) is 1. The molecule has 0 saturated carbocycles. The Morgan fingerprint density at radius 3 is 2.77 bits per heavy atom. The lowest BCUT2D eigenvalue weighted by Gasteiger charge is -2.32. The van der Waals surface area contributed by atoms with Gasteiger partial charge in [-0.1, -0.05) is 29.3 Å². The average molecular weight is 394 g/mol. The number of hydrogen-bond donors (Lipinski definition) is 1. The third-order valence-corrected chi connectivity index (χ3v) is 5.81. The third-order valence-electron chi connectivity index (χ3n) is 5.22. The summed E-state index contributed by atoms with van der Waals surface area (Å²) in [5, 5.41) is 13.2. The van der Waals surface area contributed by atoms with Crippen LogP contribution >= 0.6 is 23.2 Å². The maximum Gasteiger partial charge on any atom is 0.227 e. The van der Waals surface area contributed by atoms with E-state index in [0.29, 0.717) is 22.4 Å². The van der Waals surface area contributed by atoms with Gasteiger partial charge < -0.3 is 14.8 Å². The van der Waals surface area contributed by atoms with Gasteiger partial charge in [0, 0.05) is 42.1 Å². The molecule has 1 amide bonds. The Morgan fingerprint density at radius 1 is 1.19 bits per heavy atom. The van der Waals surface area contributed by atoms with E-state index in [1.54, 1.807) is 12.1 Å². The molecule has 2 aliphatic heterocycles. The van der Waals surface area contributed by atoms with E-state index in [1.807, 2.05) is 11.0 Å². The molecule has 1 N–H and O–H groups in total. The number of carbonyl (C=O) groups is 1. The molecule has 8 heteroatoms. The second-order valence-corrected chi connectivity index (χ2v) is 7.71. The molecule has 1 fully saturated rings. The van der Waals surface area contributed by atoms with E-state index in [0.717, 1.165) is 62.8 Å². The van der Waals surface area contributed by atoms with Crippen molar-refractivity contribution in [3.05, 3.63) is 45.5 Å². The Morgan fingerprint density at radius 2 is 2.00 bits per heavy atom. The van der Waals surface area contributed by atoms with E-state index >= 15 is 0 Å². The largest absolute Gasteiger partial charge is 0.342 e. The first-order chi connectivity index (χ1) is 12.6.